The van der Waals surface area contributed by atoms with Crippen LogP contribution >= 0.6 is 11.3 Å². The molecule has 0 spiro atoms. The van der Waals surface area contributed by atoms with Crippen LogP contribution in [-0.2, 0) is 11.2 Å². The van der Waals surface area contributed by atoms with Crippen molar-refractivity contribution in [1.29, 1.82) is 0 Å². The number of piperidine rings is 1. The molecule has 3 amide bonds. The molecule has 0 bridgehead atoms. The predicted octanol–water partition coefficient (Wildman–Crippen LogP) is 3.88. The van der Waals surface area contributed by atoms with Crippen molar-refractivity contribution in [2.24, 2.45) is 5.92 Å². The van der Waals surface area contributed by atoms with Crippen molar-refractivity contribution < 1.29 is 14.0 Å². The number of carbonyl (C=O) groups is 2. The number of amides is 3. The van der Waals surface area contributed by atoms with Gasteiger partial charge in [0, 0.05) is 25.3 Å². The van der Waals surface area contributed by atoms with E-state index in [1.165, 1.54) is 12.1 Å². The lowest BCUT2D eigenvalue weighted by Crippen LogP contribution is -2.41. The fourth-order valence-corrected chi connectivity index (χ4v) is 3.92. The number of hydrogen-bond donors (Lipinski definition) is 2. The Morgan fingerprint density at radius 1 is 1.22 bits per heavy atom. The quantitative estimate of drug-likeness (QED) is 0.788. The summed E-state index contributed by atoms with van der Waals surface area (Å²) in [7, 11) is 0. The summed E-state index contributed by atoms with van der Waals surface area (Å²) in [6, 6.07) is 7.68. The number of halogens is 1. The average molecular weight is 389 g/mol. The fraction of sp³-hybridized carbons (Fsp3) is 0.400. The van der Waals surface area contributed by atoms with Crippen LogP contribution in [0.5, 0.6) is 0 Å². The van der Waals surface area contributed by atoms with Crippen molar-refractivity contribution in [2.75, 3.05) is 25.0 Å². The van der Waals surface area contributed by atoms with E-state index in [1.807, 2.05) is 16.8 Å². The Morgan fingerprint density at radius 3 is 2.74 bits per heavy atom. The number of benzene rings is 1. The molecule has 5 nitrogen and oxygen atoms in total. The van der Waals surface area contributed by atoms with Gasteiger partial charge in [-0.1, -0.05) is 6.07 Å². The van der Waals surface area contributed by atoms with Crippen LogP contribution in [0.2, 0.25) is 0 Å². The van der Waals surface area contributed by atoms with Gasteiger partial charge in [-0.05, 0) is 65.8 Å². The molecule has 1 aromatic carbocycles. The number of carbonyl (C=O) groups excluding carboxylic acids is 2. The number of anilines is 1. The van der Waals surface area contributed by atoms with E-state index in [-0.39, 0.29) is 17.8 Å². The highest BCUT2D eigenvalue weighted by Crippen LogP contribution is 2.21. The fourth-order valence-electron chi connectivity index (χ4n) is 3.25. The predicted molar refractivity (Wildman–Crippen MR) is 105 cm³/mol. The Hall–Kier alpha value is -2.41. The van der Waals surface area contributed by atoms with E-state index in [1.54, 1.807) is 28.4 Å². The van der Waals surface area contributed by atoms with Crippen LogP contribution in [0.1, 0.15) is 24.8 Å². The summed E-state index contributed by atoms with van der Waals surface area (Å²) >= 11 is 1.60. The van der Waals surface area contributed by atoms with Crippen molar-refractivity contribution in [1.82, 2.24) is 10.2 Å². The molecule has 0 unspecified atom stereocenters. The molecule has 1 saturated heterocycles. The van der Waals surface area contributed by atoms with Gasteiger partial charge in [-0.2, -0.15) is 11.3 Å². The Bertz CT molecular complexity index is 758. The molecule has 0 radical (unpaired) electrons. The maximum Gasteiger partial charge on any atom is 0.321 e. The second-order valence-corrected chi connectivity index (χ2v) is 7.60. The molecule has 1 aromatic heterocycles. The molecule has 0 aliphatic carbocycles. The summed E-state index contributed by atoms with van der Waals surface area (Å²) in [6.45, 7) is 2.02. The molecule has 2 N–H and O–H groups in total. The van der Waals surface area contributed by atoms with E-state index in [0.717, 1.165) is 24.8 Å². The third-order valence-corrected chi connectivity index (χ3v) is 5.53. The zero-order valence-corrected chi connectivity index (χ0v) is 15.9. The zero-order valence-electron chi connectivity index (χ0n) is 15.1. The average Bonchev–Trinajstić information content (AvgIpc) is 3.15. The number of hydrogen-bond acceptors (Lipinski definition) is 3. The van der Waals surface area contributed by atoms with Crippen molar-refractivity contribution >= 4 is 29.0 Å². The van der Waals surface area contributed by atoms with E-state index in [2.05, 4.69) is 10.6 Å². The first-order valence-corrected chi connectivity index (χ1v) is 10.1. The van der Waals surface area contributed by atoms with Gasteiger partial charge < -0.3 is 15.5 Å². The van der Waals surface area contributed by atoms with Gasteiger partial charge in [-0.3, -0.25) is 4.79 Å². The lowest BCUT2D eigenvalue weighted by atomic mass is 9.93. The molecular formula is C20H24FN3O2S. The monoisotopic (exact) mass is 389 g/mol. The normalized spacial score (nSPS) is 14.8. The molecule has 7 heteroatoms. The standard InChI is InChI=1S/C20H24FN3O2S/c21-17-2-1-3-18(13-17)23-20(26)24-9-5-15(6-10-24)4-8-22-19(25)12-16-7-11-27-14-16/h1-3,7,11,13-15H,4-6,8-10,12H2,(H,22,25)(H,23,26). The summed E-state index contributed by atoms with van der Waals surface area (Å²) < 4.78 is 13.2. The van der Waals surface area contributed by atoms with E-state index in [4.69, 9.17) is 0 Å². The van der Waals surface area contributed by atoms with Crippen LogP contribution < -0.4 is 10.6 Å². The van der Waals surface area contributed by atoms with Crippen molar-refractivity contribution in [2.45, 2.75) is 25.7 Å². The highest BCUT2D eigenvalue weighted by molar-refractivity contribution is 7.08. The largest absolute Gasteiger partial charge is 0.356 e. The van der Waals surface area contributed by atoms with Crippen molar-refractivity contribution in [3.05, 3.63) is 52.5 Å². The van der Waals surface area contributed by atoms with Crippen LogP contribution in [0, 0.1) is 11.7 Å². The van der Waals surface area contributed by atoms with Gasteiger partial charge in [-0.25, -0.2) is 9.18 Å². The van der Waals surface area contributed by atoms with E-state index >= 15 is 0 Å². The Labute approximate surface area is 162 Å². The molecule has 1 aliphatic rings. The first-order chi connectivity index (χ1) is 13.1. The summed E-state index contributed by atoms with van der Waals surface area (Å²) in [4.78, 5) is 25.9. The van der Waals surface area contributed by atoms with Crippen LogP contribution in [-0.4, -0.2) is 36.5 Å². The lowest BCUT2D eigenvalue weighted by Gasteiger charge is -2.32. The van der Waals surface area contributed by atoms with Gasteiger partial charge in [0.25, 0.3) is 0 Å². The zero-order chi connectivity index (χ0) is 19.1. The lowest BCUT2D eigenvalue weighted by molar-refractivity contribution is -0.120. The number of nitrogens with zero attached hydrogens (tertiary/aromatic N) is 1. The second kappa shape index (κ2) is 9.50. The smallest absolute Gasteiger partial charge is 0.321 e. The number of urea groups is 1. The molecule has 27 heavy (non-hydrogen) atoms. The van der Waals surface area contributed by atoms with E-state index < -0.39 is 0 Å². The molecule has 0 saturated carbocycles. The van der Waals surface area contributed by atoms with Gasteiger partial charge in [0.2, 0.25) is 5.91 Å². The van der Waals surface area contributed by atoms with Gasteiger partial charge in [0.15, 0.2) is 0 Å². The number of nitrogens with one attached hydrogen (secondary N) is 2. The highest BCUT2D eigenvalue weighted by atomic mass is 32.1. The van der Waals surface area contributed by atoms with Crippen LogP contribution in [0.3, 0.4) is 0 Å². The molecule has 1 aliphatic heterocycles. The molecule has 2 heterocycles. The SMILES string of the molecule is O=C(Cc1ccsc1)NCCC1CCN(C(=O)Nc2cccc(F)c2)CC1. The third kappa shape index (κ3) is 6.06. The summed E-state index contributed by atoms with van der Waals surface area (Å²) in [5, 5.41) is 9.68. The van der Waals surface area contributed by atoms with Crippen LogP contribution in [0.25, 0.3) is 0 Å². The molecular weight excluding hydrogens is 365 g/mol. The Kier molecular flexibility index (Phi) is 6.81. The van der Waals surface area contributed by atoms with Gasteiger partial charge in [-0.15, -0.1) is 0 Å². The molecule has 2 aromatic rings. The van der Waals surface area contributed by atoms with E-state index in [9.17, 15) is 14.0 Å². The van der Waals surface area contributed by atoms with Gasteiger partial charge in [0.1, 0.15) is 5.82 Å². The number of likely N-dealkylation sites (tertiary alicyclic amines) is 1. The molecule has 0 atom stereocenters. The Morgan fingerprint density at radius 2 is 2.04 bits per heavy atom. The minimum atomic E-state index is -0.368. The van der Waals surface area contributed by atoms with E-state index in [0.29, 0.717) is 37.7 Å². The first kappa shape index (κ1) is 19.4. The maximum absolute atomic E-state index is 13.2. The van der Waals surface area contributed by atoms with Crippen LogP contribution in [0.4, 0.5) is 14.9 Å². The molecule has 144 valence electrons. The molecule has 1 fully saturated rings. The minimum absolute atomic E-state index is 0.0558. The summed E-state index contributed by atoms with van der Waals surface area (Å²) in [5.41, 5.74) is 1.52. The van der Waals surface area contributed by atoms with Crippen LogP contribution in [0.15, 0.2) is 41.1 Å². The third-order valence-electron chi connectivity index (χ3n) is 4.80. The molecule has 3 rings (SSSR count). The first-order valence-electron chi connectivity index (χ1n) is 9.19. The highest BCUT2D eigenvalue weighted by Gasteiger charge is 2.22. The second-order valence-electron chi connectivity index (χ2n) is 6.82. The van der Waals surface area contributed by atoms with Gasteiger partial charge in [0.05, 0.1) is 6.42 Å². The Balaban J connectivity index is 1.33. The maximum atomic E-state index is 13.2. The van der Waals surface area contributed by atoms with Crippen molar-refractivity contribution in [3.8, 4) is 0 Å². The number of thiophene rings is 1. The topological polar surface area (TPSA) is 61.4 Å². The summed E-state index contributed by atoms with van der Waals surface area (Å²) in [5.74, 6) is 0.192. The minimum Gasteiger partial charge on any atom is -0.356 e. The summed E-state index contributed by atoms with van der Waals surface area (Å²) in [6.07, 6.45) is 3.19. The van der Waals surface area contributed by atoms with Crippen molar-refractivity contribution in [3.63, 3.8) is 0 Å². The van der Waals surface area contributed by atoms with Gasteiger partial charge >= 0.3 is 6.03 Å². The number of rotatable bonds is 6.